The second-order valence-electron chi connectivity index (χ2n) is 6.56. The quantitative estimate of drug-likeness (QED) is 0.756. The van der Waals surface area contributed by atoms with E-state index in [1.165, 1.54) is 24.3 Å². The Bertz CT molecular complexity index is 806. The highest BCUT2D eigenvalue weighted by Crippen LogP contribution is 2.21. The van der Waals surface area contributed by atoms with Crippen LogP contribution < -0.4 is 4.74 Å². The number of rotatable bonds is 5. The van der Waals surface area contributed by atoms with Crippen molar-refractivity contribution in [3.05, 3.63) is 65.5 Å². The molecule has 0 saturated carbocycles. The van der Waals surface area contributed by atoms with Gasteiger partial charge in [-0.2, -0.15) is 0 Å². The first-order chi connectivity index (χ1) is 13.1. The SMILES string of the molecule is COc1cccc(COC(=O)C2CCCN(C(=O)c3ccc(F)cc3)C2)c1. The minimum Gasteiger partial charge on any atom is -0.497 e. The number of ether oxygens (including phenoxy) is 2. The van der Waals surface area contributed by atoms with Crippen LogP contribution in [0.2, 0.25) is 0 Å². The van der Waals surface area contributed by atoms with E-state index in [1.807, 2.05) is 24.3 Å². The van der Waals surface area contributed by atoms with Crippen LogP contribution in [0.25, 0.3) is 0 Å². The lowest BCUT2D eigenvalue weighted by Crippen LogP contribution is -2.42. The molecule has 0 bridgehead atoms. The van der Waals surface area contributed by atoms with Gasteiger partial charge in [-0.25, -0.2) is 4.39 Å². The van der Waals surface area contributed by atoms with Gasteiger partial charge in [0.15, 0.2) is 0 Å². The third kappa shape index (κ3) is 4.84. The molecule has 1 unspecified atom stereocenters. The van der Waals surface area contributed by atoms with Crippen LogP contribution in [0.5, 0.6) is 5.75 Å². The summed E-state index contributed by atoms with van der Waals surface area (Å²) in [5.74, 6) is -0.537. The molecule has 6 heteroatoms. The van der Waals surface area contributed by atoms with Crippen LogP contribution in [0.3, 0.4) is 0 Å². The van der Waals surface area contributed by atoms with Crippen molar-refractivity contribution >= 4 is 11.9 Å². The number of amides is 1. The summed E-state index contributed by atoms with van der Waals surface area (Å²) in [5, 5.41) is 0. The maximum atomic E-state index is 13.0. The summed E-state index contributed by atoms with van der Waals surface area (Å²) in [4.78, 5) is 26.6. The lowest BCUT2D eigenvalue weighted by Gasteiger charge is -2.31. The van der Waals surface area contributed by atoms with Crippen molar-refractivity contribution in [2.45, 2.75) is 19.4 Å². The van der Waals surface area contributed by atoms with Gasteiger partial charge >= 0.3 is 5.97 Å². The first-order valence-electron chi connectivity index (χ1n) is 8.91. The maximum absolute atomic E-state index is 13.0. The molecule has 142 valence electrons. The number of halogens is 1. The van der Waals surface area contributed by atoms with Crippen LogP contribution in [0, 0.1) is 11.7 Å². The third-order valence-electron chi connectivity index (χ3n) is 4.65. The fourth-order valence-electron chi connectivity index (χ4n) is 3.16. The maximum Gasteiger partial charge on any atom is 0.311 e. The number of hydrogen-bond donors (Lipinski definition) is 0. The van der Waals surface area contributed by atoms with Crippen LogP contribution >= 0.6 is 0 Å². The predicted molar refractivity (Wildman–Crippen MR) is 97.8 cm³/mol. The topological polar surface area (TPSA) is 55.8 Å². The molecule has 1 fully saturated rings. The molecule has 2 aromatic carbocycles. The number of carbonyl (C=O) groups excluding carboxylic acids is 2. The number of nitrogens with zero attached hydrogens (tertiary/aromatic N) is 1. The predicted octanol–water partition coefficient (Wildman–Crippen LogP) is 3.43. The van der Waals surface area contributed by atoms with Gasteiger partial charge in [-0.3, -0.25) is 9.59 Å². The number of hydrogen-bond acceptors (Lipinski definition) is 4. The van der Waals surface area contributed by atoms with Gasteiger partial charge in [0, 0.05) is 18.7 Å². The molecule has 1 saturated heterocycles. The summed E-state index contributed by atoms with van der Waals surface area (Å²) >= 11 is 0. The molecule has 0 aliphatic carbocycles. The molecular weight excluding hydrogens is 349 g/mol. The second kappa shape index (κ2) is 8.66. The highest BCUT2D eigenvalue weighted by Gasteiger charge is 2.30. The summed E-state index contributed by atoms with van der Waals surface area (Å²) in [7, 11) is 1.58. The number of methoxy groups -OCH3 is 1. The molecule has 1 aliphatic heterocycles. The molecule has 0 N–H and O–H groups in total. The third-order valence-corrected chi connectivity index (χ3v) is 4.65. The van der Waals surface area contributed by atoms with Crippen LogP contribution in [0.1, 0.15) is 28.8 Å². The lowest BCUT2D eigenvalue weighted by molar-refractivity contribution is -0.151. The molecule has 1 atom stereocenters. The van der Waals surface area contributed by atoms with Gasteiger partial charge in [-0.1, -0.05) is 12.1 Å². The highest BCUT2D eigenvalue weighted by molar-refractivity contribution is 5.94. The number of likely N-dealkylation sites (tertiary alicyclic amines) is 1. The van der Waals surface area contributed by atoms with Gasteiger partial charge in [0.1, 0.15) is 18.2 Å². The van der Waals surface area contributed by atoms with E-state index in [0.29, 0.717) is 30.8 Å². The van der Waals surface area contributed by atoms with Gasteiger partial charge in [-0.15, -0.1) is 0 Å². The first-order valence-corrected chi connectivity index (χ1v) is 8.91. The van der Waals surface area contributed by atoms with E-state index in [1.54, 1.807) is 12.0 Å². The number of carbonyl (C=O) groups is 2. The Morgan fingerprint density at radius 3 is 2.70 bits per heavy atom. The lowest BCUT2D eigenvalue weighted by atomic mass is 9.97. The summed E-state index contributed by atoms with van der Waals surface area (Å²) in [5.41, 5.74) is 1.26. The van der Waals surface area contributed by atoms with Crippen molar-refractivity contribution in [2.75, 3.05) is 20.2 Å². The largest absolute Gasteiger partial charge is 0.497 e. The Morgan fingerprint density at radius 1 is 1.19 bits per heavy atom. The van der Waals surface area contributed by atoms with E-state index in [0.717, 1.165) is 12.0 Å². The average Bonchev–Trinajstić information content (AvgIpc) is 2.72. The Balaban J connectivity index is 1.57. The molecule has 3 rings (SSSR count). The number of esters is 1. The van der Waals surface area contributed by atoms with Crippen molar-refractivity contribution in [2.24, 2.45) is 5.92 Å². The van der Waals surface area contributed by atoms with Crippen LogP contribution in [-0.2, 0) is 16.1 Å². The standard InChI is InChI=1S/C21H22FNO4/c1-26-19-6-2-4-15(12-19)14-27-21(25)17-5-3-11-23(13-17)20(24)16-7-9-18(22)10-8-16/h2,4,6-10,12,17H,3,5,11,13-14H2,1H3. The zero-order chi connectivity index (χ0) is 19.2. The van der Waals surface area contributed by atoms with Crippen molar-refractivity contribution in [1.82, 2.24) is 4.90 Å². The number of benzene rings is 2. The first kappa shape index (κ1) is 18.9. The highest BCUT2D eigenvalue weighted by atomic mass is 19.1. The fourth-order valence-corrected chi connectivity index (χ4v) is 3.16. The summed E-state index contributed by atoms with van der Waals surface area (Å²) in [6.45, 7) is 1.06. The molecule has 0 radical (unpaired) electrons. The van der Waals surface area contributed by atoms with Gasteiger partial charge < -0.3 is 14.4 Å². The van der Waals surface area contributed by atoms with E-state index in [-0.39, 0.29) is 30.2 Å². The summed E-state index contributed by atoms with van der Waals surface area (Å²) in [6, 6.07) is 12.8. The summed E-state index contributed by atoms with van der Waals surface area (Å²) < 4.78 is 23.6. The molecule has 2 aromatic rings. The van der Waals surface area contributed by atoms with E-state index in [2.05, 4.69) is 0 Å². The van der Waals surface area contributed by atoms with Gasteiger partial charge in [0.05, 0.1) is 13.0 Å². The minimum atomic E-state index is -0.385. The minimum absolute atomic E-state index is 0.165. The number of piperidine rings is 1. The normalized spacial score (nSPS) is 16.7. The van der Waals surface area contributed by atoms with Crippen molar-refractivity contribution in [3.63, 3.8) is 0 Å². The Labute approximate surface area is 157 Å². The van der Waals surface area contributed by atoms with Crippen molar-refractivity contribution in [1.29, 1.82) is 0 Å². The van der Waals surface area contributed by atoms with Gasteiger partial charge in [0.2, 0.25) is 0 Å². The van der Waals surface area contributed by atoms with Crippen molar-refractivity contribution < 1.29 is 23.5 Å². The van der Waals surface area contributed by atoms with E-state index >= 15 is 0 Å². The molecule has 1 heterocycles. The average molecular weight is 371 g/mol. The smallest absolute Gasteiger partial charge is 0.311 e. The van der Waals surface area contributed by atoms with Crippen LogP contribution in [-0.4, -0.2) is 37.0 Å². The zero-order valence-electron chi connectivity index (χ0n) is 15.2. The Morgan fingerprint density at radius 2 is 1.96 bits per heavy atom. The monoisotopic (exact) mass is 371 g/mol. The Hall–Kier alpha value is -2.89. The van der Waals surface area contributed by atoms with E-state index < -0.39 is 0 Å². The molecule has 27 heavy (non-hydrogen) atoms. The zero-order valence-corrected chi connectivity index (χ0v) is 15.2. The van der Waals surface area contributed by atoms with Crippen LogP contribution in [0.15, 0.2) is 48.5 Å². The molecule has 5 nitrogen and oxygen atoms in total. The molecular formula is C21H22FNO4. The van der Waals surface area contributed by atoms with E-state index in [9.17, 15) is 14.0 Å². The van der Waals surface area contributed by atoms with E-state index in [4.69, 9.17) is 9.47 Å². The van der Waals surface area contributed by atoms with Crippen LogP contribution in [0.4, 0.5) is 4.39 Å². The Kier molecular flexibility index (Phi) is 6.06. The molecule has 0 spiro atoms. The molecule has 1 amide bonds. The second-order valence-corrected chi connectivity index (χ2v) is 6.56. The van der Waals surface area contributed by atoms with Gasteiger partial charge in [0.25, 0.3) is 5.91 Å². The van der Waals surface area contributed by atoms with Crippen molar-refractivity contribution in [3.8, 4) is 5.75 Å². The fraction of sp³-hybridized carbons (Fsp3) is 0.333. The molecule has 1 aliphatic rings. The summed E-state index contributed by atoms with van der Waals surface area (Å²) in [6.07, 6.45) is 1.41. The molecule has 0 aromatic heterocycles. The van der Waals surface area contributed by atoms with Gasteiger partial charge in [-0.05, 0) is 54.8 Å².